The Morgan fingerprint density at radius 2 is 2.12 bits per heavy atom. The molecule has 2 nitrogen and oxygen atoms in total. The maximum atomic E-state index is 11.9. The van der Waals surface area contributed by atoms with Crippen molar-refractivity contribution in [2.24, 2.45) is 0 Å². The molecule has 1 aromatic rings. The molecule has 0 aliphatic carbocycles. The summed E-state index contributed by atoms with van der Waals surface area (Å²) in [5, 5.41) is 0.563. The molecule has 0 bridgehead atoms. The van der Waals surface area contributed by atoms with Crippen LogP contribution in [-0.2, 0) is 0 Å². The first kappa shape index (κ1) is 13.6. The summed E-state index contributed by atoms with van der Waals surface area (Å²) < 4.78 is 28.5. The van der Waals surface area contributed by atoms with E-state index in [-0.39, 0.29) is 11.5 Å². The van der Waals surface area contributed by atoms with Crippen LogP contribution in [0.25, 0.3) is 0 Å². The van der Waals surface area contributed by atoms with E-state index in [4.69, 9.17) is 0 Å². The lowest BCUT2D eigenvalue weighted by Gasteiger charge is -2.07. The smallest absolute Gasteiger partial charge is 0.387 e. The molecule has 0 radical (unpaired) electrons. The fourth-order valence-corrected chi connectivity index (χ4v) is 2.06. The number of benzene rings is 1. The Balaban J connectivity index is 2.87. The number of carbonyl (C=O) groups is 1. The third-order valence-electron chi connectivity index (χ3n) is 1.79. The fourth-order valence-electron chi connectivity index (χ4n) is 1.12. The molecular formula is C10H8Br2F2O2. The van der Waals surface area contributed by atoms with Gasteiger partial charge in [0.25, 0.3) is 0 Å². The van der Waals surface area contributed by atoms with Crippen LogP contribution in [0.4, 0.5) is 8.78 Å². The van der Waals surface area contributed by atoms with Crippen molar-refractivity contribution in [1.82, 2.24) is 0 Å². The number of hydrogen-bond donors (Lipinski definition) is 0. The van der Waals surface area contributed by atoms with E-state index >= 15 is 0 Å². The second-order valence-corrected chi connectivity index (χ2v) is 4.53. The SMILES string of the molecule is O=C(CCBr)c1ccc(OC(F)F)cc1Br. The van der Waals surface area contributed by atoms with Gasteiger partial charge in [-0.2, -0.15) is 8.78 Å². The van der Waals surface area contributed by atoms with Crippen molar-refractivity contribution >= 4 is 37.6 Å². The molecule has 0 aliphatic rings. The van der Waals surface area contributed by atoms with Crippen LogP contribution in [-0.4, -0.2) is 17.7 Å². The largest absolute Gasteiger partial charge is 0.435 e. The first-order valence-electron chi connectivity index (χ1n) is 4.38. The third-order valence-corrected chi connectivity index (χ3v) is 2.84. The molecule has 0 unspecified atom stereocenters. The highest BCUT2D eigenvalue weighted by atomic mass is 79.9. The van der Waals surface area contributed by atoms with Crippen LogP contribution < -0.4 is 4.74 Å². The molecule has 0 N–H and O–H groups in total. The molecule has 16 heavy (non-hydrogen) atoms. The number of halogens is 4. The van der Waals surface area contributed by atoms with Gasteiger partial charge >= 0.3 is 6.61 Å². The predicted octanol–water partition coefficient (Wildman–Crippen LogP) is 4.02. The Bertz CT molecular complexity index is 383. The number of Topliss-reactive ketones (excluding diaryl/α,β-unsaturated/α-hetero) is 1. The number of carbonyl (C=O) groups excluding carboxylic acids is 1. The zero-order valence-electron chi connectivity index (χ0n) is 8.05. The fraction of sp³-hybridized carbons (Fsp3) is 0.300. The van der Waals surface area contributed by atoms with E-state index in [0.717, 1.165) is 0 Å². The van der Waals surface area contributed by atoms with Crippen LogP contribution in [0.15, 0.2) is 22.7 Å². The highest BCUT2D eigenvalue weighted by Crippen LogP contribution is 2.25. The third kappa shape index (κ3) is 3.83. The number of rotatable bonds is 5. The summed E-state index contributed by atoms with van der Waals surface area (Å²) in [5.74, 6) is -0.0374. The minimum absolute atomic E-state index is 0.0252. The maximum Gasteiger partial charge on any atom is 0.387 e. The molecule has 1 rings (SSSR count). The lowest BCUT2D eigenvalue weighted by molar-refractivity contribution is -0.0498. The molecule has 0 aromatic heterocycles. The van der Waals surface area contributed by atoms with Gasteiger partial charge in [-0.25, -0.2) is 0 Å². The van der Waals surface area contributed by atoms with Gasteiger partial charge in [0.1, 0.15) is 5.75 Å². The van der Waals surface area contributed by atoms with Crippen molar-refractivity contribution in [3.63, 3.8) is 0 Å². The number of alkyl halides is 3. The Kier molecular flexibility index (Phi) is 5.34. The Labute approximate surface area is 108 Å². The van der Waals surface area contributed by atoms with Gasteiger partial charge in [-0.15, -0.1) is 0 Å². The van der Waals surface area contributed by atoms with Crippen LogP contribution in [0, 0.1) is 0 Å². The molecular weight excluding hydrogens is 350 g/mol. The van der Waals surface area contributed by atoms with Crippen molar-refractivity contribution in [2.75, 3.05) is 5.33 Å². The summed E-state index contributed by atoms with van der Waals surface area (Å²) in [4.78, 5) is 11.6. The highest BCUT2D eigenvalue weighted by Gasteiger charge is 2.11. The van der Waals surface area contributed by atoms with E-state index in [9.17, 15) is 13.6 Å². The van der Waals surface area contributed by atoms with Crippen molar-refractivity contribution < 1.29 is 18.3 Å². The minimum Gasteiger partial charge on any atom is -0.435 e. The van der Waals surface area contributed by atoms with E-state index in [1.54, 1.807) is 0 Å². The standard InChI is InChI=1S/C10H8Br2F2O2/c11-4-3-9(15)7-2-1-6(5-8(7)12)16-10(13)14/h1-2,5,10H,3-4H2. The molecule has 0 atom stereocenters. The minimum atomic E-state index is -2.86. The summed E-state index contributed by atoms with van der Waals surface area (Å²) >= 11 is 6.31. The van der Waals surface area contributed by atoms with Gasteiger partial charge in [0, 0.05) is 21.8 Å². The van der Waals surface area contributed by atoms with Gasteiger partial charge in [-0.1, -0.05) is 15.9 Å². The number of ether oxygens (including phenoxy) is 1. The predicted molar refractivity (Wildman–Crippen MR) is 63.5 cm³/mol. The molecule has 0 amide bonds. The number of ketones is 1. The van der Waals surface area contributed by atoms with Crippen LogP contribution in [0.2, 0.25) is 0 Å². The first-order valence-corrected chi connectivity index (χ1v) is 6.29. The monoisotopic (exact) mass is 356 g/mol. The normalized spacial score (nSPS) is 10.6. The quantitative estimate of drug-likeness (QED) is 0.587. The first-order chi connectivity index (χ1) is 7.54. The average Bonchev–Trinajstić information content (AvgIpc) is 2.16. The van der Waals surface area contributed by atoms with Gasteiger partial charge < -0.3 is 4.74 Å². The average molecular weight is 358 g/mol. The van der Waals surface area contributed by atoms with Gasteiger partial charge in [0.15, 0.2) is 5.78 Å². The molecule has 0 saturated carbocycles. The molecule has 88 valence electrons. The van der Waals surface area contributed by atoms with Gasteiger partial charge in [0.2, 0.25) is 0 Å². The Morgan fingerprint density at radius 1 is 1.44 bits per heavy atom. The zero-order chi connectivity index (χ0) is 12.1. The van der Waals surface area contributed by atoms with Crippen molar-refractivity contribution in [3.05, 3.63) is 28.2 Å². The van der Waals surface area contributed by atoms with E-state index in [2.05, 4.69) is 36.6 Å². The lowest BCUT2D eigenvalue weighted by Crippen LogP contribution is -2.04. The second-order valence-electron chi connectivity index (χ2n) is 2.88. The van der Waals surface area contributed by atoms with E-state index < -0.39 is 6.61 Å². The molecule has 0 spiro atoms. The summed E-state index contributed by atoms with van der Waals surface area (Å²) in [6, 6.07) is 4.17. The molecule has 0 saturated heterocycles. The number of hydrogen-bond acceptors (Lipinski definition) is 2. The molecule has 0 heterocycles. The highest BCUT2D eigenvalue weighted by molar-refractivity contribution is 9.10. The topological polar surface area (TPSA) is 26.3 Å². The van der Waals surface area contributed by atoms with Crippen LogP contribution >= 0.6 is 31.9 Å². The van der Waals surface area contributed by atoms with Crippen LogP contribution in [0.5, 0.6) is 5.75 Å². The molecule has 0 fully saturated rings. The second kappa shape index (κ2) is 6.30. The maximum absolute atomic E-state index is 11.9. The molecule has 0 aliphatic heterocycles. The van der Waals surface area contributed by atoms with Crippen molar-refractivity contribution in [2.45, 2.75) is 13.0 Å². The van der Waals surface area contributed by atoms with Crippen LogP contribution in [0.1, 0.15) is 16.8 Å². The van der Waals surface area contributed by atoms with Crippen LogP contribution in [0.3, 0.4) is 0 Å². The summed E-state index contributed by atoms with van der Waals surface area (Å²) in [6.45, 7) is -2.86. The van der Waals surface area contributed by atoms with E-state index in [1.165, 1.54) is 18.2 Å². The van der Waals surface area contributed by atoms with Crippen molar-refractivity contribution in [3.8, 4) is 5.75 Å². The molecule has 1 aromatic carbocycles. The van der Waals surface area contributed by atoms with Gasteiger partial charge in [-0.05, 0) is 34.1 Å². The lowest BCUT2D eigenvalue weighted by atomic mass is 10.1. The van der Waals surface area contributed by atoms with Crippen molar-refractivity contribution in [1.29, 1.82) is 0 Å². The van der Waals surface area contributed by atoms with E-state index in [0.29, 0.717) is 21.8 Å². The Morgan fingerprint density at radius 3 is 2.62 bits per heavy atom. The van der Waals surface area contributed by atoms with E-state index in [1.807, 2.05) is 0 Å². The molecule has 6 heteroatoms. The summed E-state index contributed by atoms with van der Waals surface area (Å²) in [7, 11) is 0. The Hall–Kier alpha value is -0.490. The van der Waals surface area contributed by atoms with Gasteiger partial charge in [-0.3, -0.25) is 4.79 Å². The summed E-state index contributed by atoms with van der Waals surface area (Å²) in [5.41, 5.74) is 0.459. The summed E-state index contributed by atoms with van der Waals surface area (Å²) in [6.07, 6.45) is 0.355. The zero-order valence-corrected chi connectivity index (χ0v) is 11.2. The van der Waals surface area contributed by atoms with Gasteiger partial charge in [0.05, 0.1) is 0 Å².